The SMILES string of the molecule is COCC1(C(=O)NCC2(C)CCCC2)CCNC1. The van der Waals surface area contributed by atoms with E-state index in [9.17, 15) is 4.79 Å². The van der Waals surface area contributed by atoms with Gasteiger partial charge in [0.15, 0.2) is 0 Å². The lowest BCUT2D eigenvalue weighted by molar-refractivity contribution is -0.133. The van der Waals surface area contributed by atoms with Crippen LogP contribution >= 0.6 is 0 Å². The number of carbonyl (C=O) groups excluding carboxylic acids is 1. The Bertz CT molecular complexity index is 292. The molecule has 0 spiro atoms. The summed E-state index contributed by atoms with van der Waals surface area (Å²) in [5, 5.41) is 6.45. The minimum absolute atomic E-state index is 0.169. The van der Waals surface area contributed by atoms with Crippen LogP contribution < -0.4 is 10.6 Å². The van der Waals surface area contributed by atoms with Crippen molar-refractivity contribution in [3.63, 3.8) is 0 Å². The normalized spacial score (nSPS) is 30.6. The summed E-state index contributed by atoms with van der Waals surface area (Å²) in [4.78, 5) is 12.4. The molecule has 2 rings (SSSR count). The molecular formula is C14H26N2O2. The predicted molar refractivity (Wildman–Crippen MR) is 71.4 cm³/mol. The highest BCUT2D eigenvalue weighted by atomic mass is 16.5. The molecule has 1 amide bonds. The average Bonchev–Trinajstić information content (AvgIpc) is 2.97. The fraction of sp³-hybridized carbons (Fsp3) is 0.929. The molecule has 1 heterocycles. The van der Waals surface area contributed by atoms with E-state index in [0.717, 1.165) is 26.1 Å². The van der Waals surface area contributed by atoms with Gasteiger partial charge >= 0.3 is 0 Å². The number of hydrogen-bond donors (Lipinski definition) is 2. The van der Waals surface area contributed by atoms with E-state index >= 15 is 0 Å². The van der Waals surface area contributed by atoms with Crippen LogP contribution in [0.25, 0.3) is 0 Å². The Hall–Kier alpha value is -0.610. The number of ether oxygens (including phenoxy) is 1. The monoisotopic (exact) mass is 254 g/mol. The topological polar surface area (TPSA) is 50.4 Å². The third kappa shape index (κ3) is 2.86. The molecule has 1 saturated heterocycles. The van der Waals surface area contributed by atoms with Crippen LogP contribution in [0.2, 0.25) is 0 Å². The maximum absolute atomic E-state index is 12.4. The van der Waals surface area contributed by atoms with Crippen LogP contribution in [0.15, 0.2) is 0 Å². The van der Waals surface area contributed by atoms with Crippen LogP contribution in [0, 0.1) is 10.8 Å². The predicted octanol–water partition coefficient (Wildman–Crippen LogP) is 1.31. The van der Waals surface area contributed by atoms with Crippen molar-refractivity contribution in [1.29, 1.82) is 0 Å². The van der Waals surface area contributed by atoms with Crippen LogP contribution in [-0.2, 0) is 9.53 Å². The molecule has 18 heavy (non-hydrogen) atoms. The summed E-state index contributed by atoms with van der Waals surface area (Å²) in [5.41, 5.74) is -0.0281. The summed E-state index contributed by atoms with van der Waals surface area (Å²) in [5.74, 6) is 0.169. The molecule has 1 aliphatic heterocycles. The Morgan fingerprint density at radius 3 is 2.61 bits per heavy atom. The zero-order valence-corrected chi connectivity index (χ0v) is 11.7. The molecule has 4 heteroatoms. The molecule has 0 radical (unpaired) electrons. The molecule has 4 nitrogen and oxygen atoms in total. The molecule has 0 aromatic heterocycles. The van der Waals surface area contributed by atoms with Crippen LogP contribution in [0.5, 0.6) is 0 Å². The van der Waals surface area contributed by atoms with Gasteiger partial charge in [0.2, 0.25) is 5.91 Å². The van der Waals surface area contributed by atoms with Crippen LogP contribution in [-0.4, -0.2) is 39.3 Å². The summed E-state index contributed by atoms with van der Waals surface area (Å²) in [6, 6.07) is 0. The number of amides is 1. The van der Waals surface area contributed by atoms with Gasteiger partial charge in [0, 0.05) is 20.2 Å². The summed E-state index contributed by atoms with van der Waals surface area (Å²) < 4.78 is 5.25. The molecule has 0 aromatic rings. The first-order chi connectivity index (χ1) is 8.60. The largest absolute Gasteiger partial charge is 0.384 e. The molecule has 1 atom stereocenters. The number of rotatable bonds is 5. The van der Waals surface area contributed by atoms with Crippen LogP contribution in [0.1, 0.15) is 39.0 Å². The number of methoxy groups -OCH3 is 1. The van der Waals surface area contributed by atoms with E-state index in [0.29, 0.717) is 12.0 Å². The number of nitrogens with one attached hydrogen (secondary N) is 2. The second-order valence-electron chi connectivity index (χ2n) is 6.34. The Labute approximate surface area is 110 Å². The van der Waals surface area contributed by atoms with E-state index in [1.807, 2.05) is 0 Å². The first-order valence-corrected chi connectivity index (χ1v) is 7.08. The Morgan fingerprint density at radius 1 is 1.33 bits per heavy atom. The average molecular weight is 254 g/mol. The number of hydrogen-bond acceptors (Lipinski definition) is 3. The lowest BCUT2D eigenvalue weighted by Crippen LogP contribution is -2.48. The van der Waals surface area contributed by atoms with Crippen LogP contribution in [0.3, 0.4) is 0 Å². The van der Waals surface area contributed by atoms with Gasteiger partial charge in [-0.1, -0.05) is 19.8 Å². The molecule has 2 aliphatic rings. The second kappa shape index (κ2) is 5.57. The molecular weight excluding hydrogens is 228 g/mol. The minimum Gasteiger partial charge on any atom is -0.384 e. The highest BCUT2D eigenvalue weighted by Crippen LogP contribution is 2.37. The molecule has 2 N–H and O–H groups in total. The van der Waals surface area contributed by atoms with Gasteiger partial charge in [0.1, 0.15) is 0 Å². The smallest absolute Gasteiger partial charge is 0.229 e. The fourth-order valence-corrected chi connectivity index (χ4v) is 3.29. The van der Waals surface area contributed by atoms with E-state index in [4.69, 9.17) is 4.74 Å². The maximum atomic E-state index is 12.4. The Kier molecular flexibility index (Phi) is 4.28. The van der Waals surface area contributed by atoms with Crippen molar-refractivity contribution in [3.05, 3.63) is 0 Å². The van der Waals surface area contributed by atoms with Crippen LogP contribution in [0.4, 0.5) is 0 Å². The second-order valence-corrected chi connectivity index (χ2v) is 6.34. The van der Waals surface area contributed by atoms with Gasteiger partial charge in [-0.15, -0.1) is 0 Å². The first kappa shape index (κ1) is 13.8. The van der Waals surface area contributed by atoms with Gasteiger partial charge in [-0.25, -0.2) is 0 Å². The standard InChI is InChI=1S/C14H26N2O2/c1-13(5-3-4-6-13)9-16-12(17)14(11-18-2)7-8-15-10-14/h15H,3-11H2,1-2H3,(H,16,17). The zero-order chi connectivity index (χ0) is 13.1. The summed E-state index contributed by atoms with van der Waals surface area (Å²) in [6.07, 6.45) is 5.96. The lowest BCUT2D eigenvalue weighted by atomic mass is 9.85. The van der Waals surface area contributed by atoms with Crippen molar-refractivity contribution in [2.75, 3.05) is 33.4 Å². The summed E-state index contributed by atoms with van der Waals surface area (Å²) >= 11 is 0. The van der Waals surface area contributed by atoms with E-state index < -0.39 is 0 Å². The highest BCUT2D eigenvalue weighted by molar-refractivity contribution is 5.83. The quantitative estimate of drug-likeness (QED) is 0.778. The third-order valence-electron chi connectivity index (χ3n) is 4.63. The first-order valence-electron chi connectivity index (χ1n) is 7.08. The van der Waals surface area contributed by atoms with Crippen molar-refractivity contribution in [2.24, 2.45) is 10.8 Å². The third-order valence-corrected chi connectivity index (χ3v) is 4.63. The van der Waals surface area contributed by atoms with Gasteiger partial charge in [0.25, 0.3) is 0 Å². The van der Waals surface area contributed by atoms with E-state index in [1.165, 1.54) is 25.7 Å². The minimum atomic E-state index is -0.344. The number of carbonyl (C=O) groups is 1. The van der Waals surface area contributed by atoms with Gasteiger partial charge in [-0.3, -0.25) is 4.79 Å². The molecule has 0 aromatic carbocycles. The maximum Gasteiger partial charge on any atom is 0.229 e. The fourth-order valence-electron chi connectivity index (χ4n) is 3.29. The van der Waals surface area contributed by atoms with Crippen molar-refractivity contribution in [1.82, 2.24) is 10.6 Å². The van der Waals surface area contributed by atoms with Crippen molar-refractivity contribution in [3.8, 4) is 0 Å². The zero-order valence-electron chi connectivity index (χ0n) is 11.7. The highest BCUT2D eigenvalue weighted by Gasteiger charge is 2.42. The van der Waals surface area contributed by atoms with E-state index in [-0.39, 0.29) is 11.3 Å². The molecule has 2 fully saturated rings. The molecule has 1 aliphatic carbocycles. The van der Waals surface area contributed by atoms with Gasteiger partial charge in [-0.2, -0.15) is 0 Å². The Morgan fingerprint density at radius 2 is 2.06 bits per heavy atom. The van der Waals surface area contributed by atoms with Crippen molar-refractivity contribution >= 4 is 5.91 Å². The molecule has 1 saturated carbocycles. The lowest BCUT2D eigenvalue weighted by Gasteiger charge is -2.30. The molecule has 1 unspecified atom stereocenters. The van der Waals surface area contributed by atoms with Gasteiger partial charge in [-0.05, 0) is 31.2 Å². The Balaban J connectivity index is 1.89. The molecule has 104 valence electrons. The molecule has 0 bridgehead atoms. The summed E-state index contributed by atoms with van der Waals surface area (Å²) in [6.45, 7) is 5.27. The van der Waals surface area contributed by atoms with E-state index in [2.05, 4.69) is 17.6 Å². The van der Waals surface area contributed by atoms with E-state index in [1.54, 1.807) is 7.11 Å². The van der Waals surface area contributed by atoms with Gasteiger partial charge < -0.3 is 15.4 Å². The van der Waals surface area contributed by atoms with Crippen molar-refractivity contribution in [2.45, 2.75) is 39.0 Å². The van der Waals surface area contributed by atoms with Crippen molar-refractivity contribution < 1.29 is 9.53 Å². The van der Waals surface area contributed by atoms with Gasteiger partial charge in [0.05, 0.1) is 12.0 Å². The summed E-state index contributed by atoms with van der Waals surface area (Å²) in [7, 11) is 1.67.